The number of nitrogens with zero attached hydrogens (tertiary/aromatic N) is 1. The number of nitrogens with one attached hydrogen (secondary N) is 1. The topological polar surface area (TPSA) is 42.0 Å². The van der Waals surface area contributed by atoms with E-state index < -0.39 is 5.82 Å². The van der Waals surface area contributed by atoms with Crippen LogP contribution in [0.25, 0.3) is 0 Å². The van der Waals surface area contributed by atoms with Crippen molar-refractivity contribution in [2.75, 3.05) is 5.32 Å². The van der Waals surface area contributed by atoms with Gasteiger partial charge in [0.05, 0.1) is 10.7 Å². The van der Waals surface area contributed by atoms with Gasteiger partial charge in [-0.2, -0.15) is 0 Å². The molecule has 1 amide bonds. The third kappa shape index (κ3) is 3.79. The number of allylic oxidation sites excluding steroid dienone is 1. The van der Waals surface area contributed by atoms with E-state index in [1.165, 1.54) is 12.1 Å². The van der Waals surface area contributed by atoms with Crippen LogP contribution in [0.5, 0.6) is 0 Å². The highest BCUT2D eigenvalue weighted by atomic mass is 79.9. The zero-order chi connectivity index (χ0) is 11.4. The molecule has 0 aliphatic rings. The first kappa shape index (κ1) is 11.8. The van der Waals surface area contributed by atoms with Gasteiger partial charge < -0.3 is 5.32 Å². The molecule has 0 spiro atoms. The summed E-state index contributed by atoms with van der Waals surface area (Å²) >= 11 is 3.10. The molecule has 0 atom stereocenters. The van der Waals surface area contributed by atoms with Crippen LogP contribution >= 0.6 is 15.9 Å². The van der Waals surface area contributed by atoms with Crippen LogP contribution in [-0.2, 0) is 4.79 Å². The molecule has 0 aliphatic heterocycles. The fraction of sp³-hybridized carbons (Fsp3) is 0.200. The Morgan fingerprint density at radius 1 is 1.60 bits per heavy atom. The molecule has 1 rings (SSSR count). The van der Waals surface area contributed by atoms with Crippen molar-refractivity contribution in [2.24, 2.45) is 0 Å². The van der Waals surface area contributed by atoms with Crippen molar-refractivity contribution in [3.8, 4) is 0 Å². The highest BCUT2D eigenvalue weighted by molar-refractivity contribution is 9.10. The van der Waals surface area contributed by atoms with Gasteiger partial charge in [0, 0.05) is 6.08 Å². The number of rotatable bonds is 2. The first-order valence-corrected chi connectivity index (χ1v) is 5.05. The second kappa shape index (κ2) is 5.02. The van der Waals surface area contributed by atoms with Gasteiger partial charge >= 0.3 is 0 Å². The van der Waals surface area contributed by atoms with Crippen molar-refractivity contribution in [3.63, 3.8) is 0 Å². The van der Waals surface area contributed by atoms with E-state index in [2.05, 4.69) is 26.2 Å². The molecule has 3 nitrogen and oxygen atoms in total. The highest BCUT2D eigenvalue weighted by Gasteiger charge is 2.05. The average molecular weight is 273 g/mol. The number of carbonyl (C=O) groups excluding carboxylic acids is 1. The fourth-order valence-electron chi connectivity index (χ4n) is 0.922. The normalized spacial score (nSPS) is 9.60. The summed E-state index contributed by atoms with van der Waals surface area (Å²) < 4.78 is 13.1. The minimum atomic E-state index is -0.456. The van der Waals surface area contributed by atoms with E-state index in [1.807, 2.05) is 13.8 Å². The Morgan fingerprint density at radius 2 is 2.27 bits per heavy atom. The molecule has 0 saturated heterocycles. The standard InChI is InChI=1S/C10H10BrFN2O/c1-6(2)3-9(15)14-10-8(11)4-7(12)5-13-10/h3-5H,1-2H3,(H,13,14,15). The number of carbonyl (C=O) groups is 1. The van der Waals surface area contributed by atoms with Gasteiger partial charge in [0.25, 0.3) is 0 Å². The fourth-order valence-corrected chi connectivity index (χ4v) is 1.34. The molecule has 1 aromatic rings. The van der Waals surface area contributed by atoms with E-state index in [1.54, 1.807) is 0 Å². The second-order valence-corrected chi connectivity index (χ2v) is 4.05. The van der Waals surface area contributed by atoms with Crippen molar-refractivity contribution < 1.29 is 9.18 Å². The largest absolute Gasteiger partial charge is 0.306 e. The first-order chi connectivity index (χ1) is 6.99. The number of amides is 1. The monoisotopic (exact) mass is 272 g/mol. The third-order valence-electron chi connectivity index (χ3n) is 1.47. The van der Waals surface area contributed by atoms with E-state index in [0.29, 0.717) is 10.3 Å². The maximum absolute atomic E-state index is 12.7. The summed E-state index contributed by atoms with van der Waals surface area (Å²) in [6.45, 7) is 3.62. The molecule has 0 bridgehead atoms. The molecule has 0 aromatic carbocycles. The number of hydrogen-bond donors (Lipinski definition) is 1. The van der Waals surface area contributed by atoms with E-state index in [-0.39, 0.29) is 5.91 Å². The van der Waals surface area contributed by atoms with Crippen LogP contribution in [0, 0.1) is 5.82 Å². The molecule has 1 aromatic heterocycles. The number of anilines is 1. The van der Waals surface area contributed by atoms with Gasteiger partial charge in [-0.25, -0.2) is 9.37 Å². The molecular formula is C10H10BrFN2O. The minimum absolute atomic E-state index is 0.283. The van der Waals surface area contributed by atoms with Gasteiger partial charge in [-0.15, -0.1) is 0 Å². The Hall–Kier alpha value is -1.23. The maximum atomic E-state index is 12.7. The predicted octanol–water partition coefficient (Wildman–Crippen LogP) is 2.89. The van der Waals surface area contributed by atoms with Gasteiger partial charge in [-0.1, -0.05) is 5.57 Å². The van der Waals surface area contributed by atoms with Crippen LogP contribution in [0.2, 0.25) is 0 Å². The Labute approximate surface area is 95.5 Å². The van der Waals surface area contributed by atoms with Crippen molar-refractivity contribution in [1.82, 2.24) is 4.98 Å². The number of pyridine rings is 1. The summed E-state index contributed by atoms with van der Waals surface area (Å²) in [6.07, 6.45) is 2.49. The molecule has 15 heavy (non-hydrogen) atoms. The van der Waals surface area contributed by atoms with Crippen LogP contribution in [0.4, 0.5) is 10.2 Å². The van der Waals surface area contributed by atoms with Gasteiger partial charge in [0.2, 0.25) is 5.91 Å². The third-order valence-corrected chi connectivity index (χ3v) is 2.07. The van der Waals surface area contributed by atoms with Crippen LogP contribution in [-0.4, -0.2) is 10.9 Å². The molecule has 1 heterocycles. The molecule has 1 N–H and O–H groups in total. The van der Waals surface area contributed by atoms with Crippen LogP contribution in [0.1, 0.15) is 13.8 Å². The molecular weight excluding hydrogens is 263 g/mol. The lowest BCUT2D eigenvalue weighted by Crippen LogP contribution is -2.10. The Morgan fingerprint density at radius 3 is 2.80 bits per heavy atom. The lowest BCUT2D eigenvalue weighted by Gasteiger charge is -2.03. The van der Waals surface area contributed by atoms with Crippen molar-refractivity contribution in [2.45, 2.75) is 13.8 Å². The molecule has 5 heteroatoms. The van der Waals surface area contributed by atoms with E-state index in [4.69, 9.17) is 0 Å². The number of aromatic nitrogens is 1. The molecule has 0 saturated carbocycles. The Kier molecular flexibility index (Phi) is 3.96. The van der Waals surface area contributed by atoms with E-state index >= 15 is 0 Å². The number of hydrogen-bond acceptors (Lipinski definition) is 2. The number of halogens is 2. The van der Waals surface area contributed by atoms with Crippen molar-refractivity contribution >= 4 is 27.7 Å². The average Bonchev–Trinajstić information content (AvgIpc) is 2.08. The summed E-state index contributed by atoms with van der Waals surface area (Å²) in [7, 11) is 0. The Bertz CT molecular complexity index is 414. The minimum Gasteiger partial charge on any atom is -0.306 e. The summed E-state index contributed by atoms with van der Waals surface area (Å²) in [4.78, 5) is 15.1. The van der Waals surface area contributed by atoms with Gasteiger partial charge in [-0.3, -0.25) is 4.79 Å². The Balaban J connectivity index is 2.82. The first-order valence-electron chi connectivity index (χ1n) is 4.26. The summed E-state index contributed by atoms with van der Waals surface area (Å²) in [5.74, 6) is -0.434. The van der Waals surface area contributed by atoms with Gasteiger partial charge in [-0.05, 0) is 35.8 Å². The van der Waals surface area contributed by atoms with Crippen molar-refractivity contribution in [1.29, 1.82) is 0 Å². The summed E-state index contributed by atoms with van der Waals surface area (Å²) in [5.41, 5.74) is 0.880. The zero-order valence-corrected chi connectivity index (χ0v) is 9.93. The van der Waals surface area contributed by atoms with Gasteiger partial charge in [0.15, 0.2) is 0 Å². The summed E-state index contributed by atoms with van der Waals surface area (Å²) in [6, 6.07) is 1.24. The highest BCUT2D eigenvalue weighted by Crippen LogP contribution is 2.20. The maximum Gasteiger partial charge on any atom is 0.249 e. The van der Waals surface area contributed by atoms with Crippen LogP contribution in [0.15, 0.2) is 28.4 Å². The van der Waals surface area contributed by atoms with Crippen molar-refractivity contribution in [3.05, 3.63) is 34.2 Å². The molecule has 0 fully saturated rings. The van der Waals surface area contributed by atoms with Crippen LogP contribution in [0.3, 0.4) is 0 Å². The molecule has 0 radical (unpaired) electrons. The molecule has 0 unspecified atom stereocenters. The summed E-state index contributed by atoms with van der Waals surface area (Å²) in [5, 5.41) is 2.53. The predicted molar refractivity (Wildman–Crippen MR) is 60.0 cm³/mol. The molecule has 0 aliphatic carbocycles. The zero-order valence-electron chi connectivity index (χ0n) is 8.34. The van der Waals surface area contributed by atoms with E-state index in [9.17, 15) is 9.18 Å². The van der Waals surface area contributed by atoms with Gasteiger partial charge in [0.1, 0.15) is 11.6 Å². The smallest absolute Gasteiger partial charge is 0.249 e. The lowest BCUT2D eigenvalue weighted by atomic mass is 10.3. The quantitative estimate of drug-likeness (QED) is 0.842. The second-order valence-electron chi connectivity index (χ2n) is 3.19. The lowest BCUT2D eigenvalue weighted by molar-refractivity contribution is -0.112. The van der Waals surface area contributed by atoms with E-state index in [0.717, 1.165) is 11.8 Å². The molecule has 80 valence electrons. The van der Waals surface area contributed by atoms with Crippen LogP contribution < -0.4 is 5.32 Å². The SMILES string of the molecule is CC(C)=CC(=O)Nc1ncc(F)cc1Br.